The molecule has 2 aliphatic rings. The van der Waals surface area contributed by atoms with Crippen molar-refractivity contribution in [1.82, 2.24) is 9.62 Å². The molecule has 1 aromatic carbocycles. The number of methoxy groups -OCH3 is 1. The summed E-state index contributed by atoms with van der Waals surface area (Å²) in [6.45, 7) is 0.961. The average molecular weight is 413 g/mol. The molecular formula is C20H29FN2O4S. The van der Waals surface area contributed by atoms with Crippen molar-refractivity contribution in [3.63, 3.8) is 0 Å². The number of carbonyl (C=O) groups is 1. The largest absolute Gasteiger partial charge is 0.495 e. The molecule has 2 atom stereocenters. The van der Waals surface area contributed by atoms with Crippen LogP contribution < -0.4 is 10.1 Å². The van der Waals surface area contributed by atoms with Crippen molar-refractivity contribution in [3.05, 3.63) is 24.0 Å². The first-order chi connectivity index (χ1) is 13.4. The number of hydrogen-bond donors (Lipinski definition) is 1. The van der Waals surface area contributed by atoms with Crippen LogP contribution in [0.25, 0.3) is 0 Å². The maximum Gasteiger partial charge on any atom is 0.247 e. The smallest absolute Gasteiger partial charge is 0.247 e. The molecule has 8 heteroatoms. The Labute approximate surface area is 166 Å². The highest BCUT2D eigenvalue weighted by Gasteiger charge is 2.41. The minimum atomic E-state index is -4.01. The van der Waals surface area contributed by atoms with Gasteiger partial charge in [-0.25, -0.2) is 12.8 Å². The normalized spacial score (nSPS) is 25.3. The lowest BCUT2D eigenvalue weighted by molar-refractivity contribution is -0.127. The minimum absolute atomic E-state index is 0.0713. The second-order valence-electron chi connectivity index (χ2n) is 7.57. The molecule has 0 radical (unpaired) electrons. The molecule has 1 saturated heterocycles. The maximum atomic E-state index is 13.9. The van der Waals surface area contributed by atoms with Crippen molar-refractivity contribution in [2.24, 2.45) is 5.92 Å². The molecule has 1 aromatic rings. The summed E-state index contributed by atoms with van der Waals surface area (Å²) < 4.78 is 47.7. The number of nitrogens with zero attached hydrogens (tertiary/aromatic N) is 1. The van der Waals surface area contributed by atoms with Gasteiger partial charge in [0, 0.05) is 19.1 Å². The van der Waals surface area contributed by atoms with E-state index in [9.17, 15) is 17.6 Å². The third kappa shape index (κ3) is 4.49. The summed E-state index contributed by atoms with van der Waals surface area (Å²) in [6, 6.07) is 3.11. The first kappa shape index (κ1) is 21.0. The van der Waals surface area contributed by atoms with Gasteiger partial charge in [0.2, 0.25) is 15.9 Å². The summed E-state index contributed by atoms with van der Waals surface area (Å²) in [5, 5.41) is 2.98. The summed E-state index contributed by atoms with van der Waals surface area (Å²) in [6.07, 6.45) is 6.53. The Bertz CT molecular complexity index is 799. The summed E-state index contributed by atoms with van der Waals surface area (Å²) in [7, 11) is -2.64. The molecule has 1 heterocycles. The molecule has 1 aliphatic heterocycles. The van der Waals surface area contributed by atoms with Crippen LogP contribution in [0.5, 0.6) is 5.75 Å². The van der Waals surface area contributed by atoms with E-state index < -0.39 is 21.9 Å². The zero-order chi connectivity index (χ0) is 20.1. The fourth-order valence-electron chi connectivity index (χ4n) is 4.29. The molecule has 0 unspecified atom stereocenters. The van der Waals surface area contributed by atoms with Crippen molar-refractivity contribution in [3.8, 4) is 5.75 Å². The number of benzene rings is 1. The zero-order valence-electron chi connectivity index (χ0n) is 16.3. The van der Waals surface area contributed by atoms with Gasteiger partial charge in [0.15, 0.2) is 0 Å². The monoisotopic (exact) mass is 412 g/mol. The van der Waals surface area contributed by atoms with Crippen molar-refractivity contribution < 1.29 is 22.3 Å². The molecule has 0 spiro atoms. The fraction of sp³-hybridized carbons (Fsp3) is 0.650. The van der Waals surface area contributed by atoms with E-state index in [2.05, 4.69) is 5.32 Å². The molecule has 1 aliphatic carbocycles. The van der Waals surface area contributed by atoms with Crippen LogP contribution in [-0.2, 0) is 14.8 Å². The third-order valence-electron chi connectivity index (χ3n) is 5.75. The molecule has 3 rings (SSSR count). The van der Waals surface area contributed by atoms with E-state index in [1.54, 1.807) is 0 Å². The van der Waals surface area contributed by atoms with Crippen molar-refractivity contribution in [2.75, 3.05) is 20.2 Å². The van der Waals surface area contributed by atoms with E-state index in [-0.39, 0.29) is 22.5 Å². The summed E-state index contributed by atoms with van der Waals surface area (Å²) in [4.78, 5) is 12.6. The first-order valence-electron chi connectivity index (χ1n) is 10.1. The van der Waals surface area contributed by atoms with Crippen LogP contribution in [0.4, 0.5) is 4.39 Å². The van der Waals surface area contributed by atoms with E-state index >= 15 is 0 Å². The molecule has 1 amide bonds. The lowest BCUT2D eigenvalue weighted by atomic mass is 9.83. The van der Waals surface area contributed by atoms with Gasteiger partial charge < -0.3 is 10.1 Å². The maximum absolute atomic E-state index is 13.9. The lowest BCUT2D eigenvalue weighted by Gasteiger charge is -2.38. The number of fused-ring (bicyclic) bond motifs is 1. The summed E-state index contributed by atoms with van der Waals surface area (Å²) in [5.74, 6) is -0.957. The van der Waals surface area contributed by atoms with Crippen LogP contribution in [0.2, 0.25) is 0 Å². The van der Waals surface area contributed by atoms with Gasteiger partial charge in [0.05, 0.1) is 13.0 Å². The Morgan fingerprint density at radius 1 is 1.11 bits per heavy atom. The van der Waals surface area contributed by atoms with E-state index in [0.29, 0.717) is 32.4 Å². The highest BCUT2D eigenvalue weighted by Crippen LogP contribution is 2.35. The Morgan fingerprint density at radius 3 is 2.64 bits per heavy atom. The average Bonchev–Trinajstić information content (AvgIpc) is 2.72. The third-order valence-corrected chi connectivity index (χ3v) is 7.70. The van der Waals surface area contributed by atoms with E-state index in [4.69, 9.17) is 4.74 Å². The van der Waals surface area contributed by atoms with Gasteiger partial charge in [-0.3, -0.25) is 4.79 Å². The molecule has 28 heavy (non-hydrogen) atoms. The number of ether oxygens (including phenoxy) is 1. The molecular weight excluding hydrogens is 383 g/mol. The van der Waals surface area contributed by atoms with Crippen LogP contribution >= 0.6 is 0 Å². The molecule has 6 nitrogen and oxygen atoms in total. The predicted octanol–water partition coefficient (Wildman–Crippen LogP) is 3.07. The number of carbonyl (C=O) groups excluding carboxylic acids is 1. The van der Waals surface area contributed by atoms with E-state index in [0.717, 1.165) is 38.2 Å². The van der Waals surface area contributed by atoms with E-state index in [1.807, 2.05) is 0 Å². The Morgan fingerprint density at radius 2 is 1.86 bits per heavy atom. The summed E-state index contributed by atoms with van der Waals surface area (Å²) in [5.41, 5.74) is 0. The topological polar surface area (TPSA) is 75.7 Å². The van der Waals surface area contributed by atoms with E-state index in [1.165, 1.54) is 23.5 Å². The van der Waals surface area contributed by atoms with Crippen LogP contribution in [0, 0.1) is 11.7 Å². The standard InChI is InChI=1S/C20H29FN2O4S/c1-27-18-11-10-15(21)14-19(18)28(25,26)23-13-7-3-2-6-12-22-20(24)16-8-4-5-9-17(16)23/h10-11,14,16-17H,2-9,12-13H2,1H3,(H,22,24)/t16-,17+/m1/s1. The van der Waals surface area contributed by atoms with Gasteiger partial charge in [0.1, 0.15) is 16.5 Å². The van der Waals surface area contributed by atoms with Gasteiger partial charge in [-0.05, 0) is 43.9 Å². The number of hydrogen-bond acceptors (Lipinski definition) is 4. The molecule has 0 bridgehead atoms. The van der Waals surface area contributed by atoms with Crippen molar-refractivity contribution in [2.45, 2.75) is 62.3 Å². The number of amides is 1. The number of halogens is 1. The number of sulfonamides is 1. The molecule has 1 N–H and O–H groups in total. The second kappa shape index (κ2) is 9.22. The van der Waals surface area contributed by atoms with Crippen LogP contribution in [-0.4, -0.2) is 44.9 Å². The SMILES string of the molecule is COc1ccc(F)cc1S(=O)(=O)N1CCCCCCNC(=O)[C@@H]2CCCC[C@@H]21. The van der Waals surface area contributed by atoms with Crippen LogP contribution in [0.3, 0.4) is 0 Å². The van der Waals surface area contributed by atoms with Crippen molar-refractivity contribution in [1.29, 1.82) is 0 Å². The van der Waals surface area contributed by atoms with Gasteiger partial charge in [-0.1, -0.05) is 25.7 Å². The minimum Gasteiger partial charge on any atom is -0.495 e. The molecule has 2 fully saturated rings. The van der Waals surface area contributed by atoms with Crippen LogP contribution in [0.1, 0.15) is 51.4 Å². The quantitative estimate of drug-likeness (QED) is 0.828. The highest BCUT2D eigenvalue weighted by atomic mass is 32.2. The summed E-state index contributed by atoms with van der Waals surface area (Å²) >= 11 is 0. The van der Waals surface area contributed by atoms with Crippen molar-refractivity contribution >= 4 is 15.9 Å². The molecule has 0 aromatic heterocycles. The van der Waals surface area contributed by atoms with Gasteiger partial charge in [-0.15, -0.1) is 0 Å². The van der Waals surface area contributed by atoms with Gasteiger partial charge in [-0.2, -0.15) is 4.31 Å². The van der Waals surface area contributed by atoms with Gasteiger partial charge in [0.25, 0.3) is 0 Å². The lowest BCUT2D eigenvalue weighted by Crippen LogP contribution is -2.51. The van der Waals surface area contributed by atoms with Crippen LogP contribution in [0.15, 0.2) is 23.1 Å². The molecule has 1 saturated carbocycles. The highest BCUT2D eigenvalue weighted by molar-refractivity contribution is 7.89. The van der Waals surface area contributed by atoms with Gasteiger partial charge >= 0.3 is 0 Å². The second-order valence-corrected chi connectivity index (χ2v) is 9.43. The number of rotatable bonds is 3. The first-order valence-corrected chi connectivity index (χ1v) is 11.5. The predicted molar refractivity (Wildman–Crippen MR) is 104 cm³/mol. The fourth-order valence-corrected chi connectivity index (χ4v) is 6.19. The Kier molecular flexibility index (Phi) is 6.93. The Balaban J connectivity index is 2.03. The number of nitrogens with one attached hydrogen (secondary N) is 1. The Hall–Kier alpha value is -1.67. The molecule has 156 valence electrons. The zero-order valence-corrected chi connectivity index (χ0v) is 17.1.